The number of halogens is 3. The molecule has 3 aromatic rings. The molecule has 0 saturated carbocycles. The zero-order valence-corrected chi connectivity index (χ0v) is 14.6. The minimum absolute atomic E-state index is 0.0276. The van der Waals surface area contributed by atoms with Crippen LogP contribution in [0.4, 0.5) is 13.2 Å². The average Bonchev–Trinajstić information content (AvgIpc) is 3.32. The third kappa shape index (κ3) is 3.59. The average molecular weight is 382 g/mol. The highest BCUT2D eigenvalue weighted by molar-refractivity contribution is 7.99. The van der Waals surface area contributed by atoms with Crippen molar-refractivity contribution in [2.45, 2.75) is 36.8 Å². The predicted molar refractivity (Wildman–Crippen MR) is 93.1 cm³/mol. The van der Waals surface area contributed by atoms with Gasteiger partial charge in [-0.15, -0.1) is 10.2 Å². The van der Waals surface area contributed by atoms with E-state index in [4.69, 9.17) is 4.74 Å². The lowest BCUT2D eigenvalue weighted by molar-refractivity contribution is -0.105. The van der Waals surface area contributed by atoms with Crippen molar-refractivity contribution in [2.24, 2.45) is 0 Å². The molecule has 0 bridgehead atoms. The first-order valence-electron chi connectivity index (χ1n) is 8.32. The van der Waals surface area contributed by atoms with E-state index < -0.39 is 11.9 Å². The third-order valence-corrected chi connectivity index (χ3v) is 5.35. The highest BCUT2D eigenvalue weighted by Gasteiger charge is 2.30. The fourth-order valence-corrected chi connectivity index (χ4v) is 3.86. The Morgan fingerprint density at radius 2 is 2.12 bits per heavy atom. The lowest BCUT2D eigenvalue weighted by Crippen LogP contribution is -2.17. The summed E-state index contributed by atoms with van der Waals surface area (Å²) in [4.78, 5) is 3.17. The van der Waals surface area contributed by atoms with Crippen molar-refractivity contribution >= 4 is 22.7 Å². The van der Waals surface area contributed by atoms with Crippen molar-refractivity contribution in [2.75, 3.05) is 12.4 Å². The Balaban J connectivity index is 1.72. The highest BCUT2D eigenvalue weighted by Crippen LogP contribution is 2.33. The monoisotopic (exact) mass is 382 g/mol. The molecule has 138 valence electrons. The van der Waals surface area contributed by atoms with E-state index in [2.05, 4.69) is 15.2 Å². The molecule has 1 aliphatic heterocycles. The van der Waals surface area contributed by atoms with Gasteiger partial charge in [0.05, 0.1) is 18.4 Å². The number of rotatable bonds is 5. The number of aromatic amines is 1. The third-order valence-electron chi connectivity index (χ3n) is 4.32. The number of thioether (sulfide) groups is 1. The van der Waals surface area contributed by atoms with Gasteiger partial charge in [-0.05, 0) is 18.9 Å². The SMILES string of the molecule is FC(F)(F)CSc1nnc(-c2c[nH]c3ccccc23)n1CC1CCCO1. The zero-order valence-electron chi connectivity index (χ0n) is 13.8. The van der Waals surface area contributed by atoms with Crippen LogP contribution in [0.1, 0.15) is 12.8 Å². The van der Waals surface area contributed by atoms with Crippen molar-refractivity contribution < 1.29 is 17.9 Å². The van der Waals surface area contributed by atoms with Crippen LogP contribution in [0.5, 0.6) is 0 Å². The van der Waals surface area contributed by atoms with E-state index >= 15 is 0 Å². The number of ether oxygens (including phenoxy) is 1. The number of alkyl halides is 3. The number of nitrogens with zero attached hydrogens (tertiary/aromatic N) is 3. The normalized spacial score (nSPS) is 18.0. The molecule has 1 aromatic carbocycles. The lowest BCUT2D eigenvalue weighted by Gasteiger charge is -2.15. The number of hydrogen-bond donors (Lipinski definition) is 1. The van der Waals surface area contributed by atoms with E-state index in [1.54, 1.807) is 4.57 Å². The molecule has 3 heterocycles. The minimum atomic E-state index is -4.26. The summed E-state index contributed by atoms with van der Waals surface area (Å²) in [5.41, 5.74) is 1.77. The van der Waals surface area contributed by atoms with Gasteiger partial charge in [-0.25, -0.2) is 0 Å². The summed E-state index contributed by atoms with van der Waals surface area (Å²) in [6.07, 6.45) is -0.625. The van der Waals surface area contributed by atoms with Crippen LogP contribution >= 0.6 is 11.8 Å². The highest BCUT2D eigenvalue weighted by atomic mass is 32.2. The summed E-state index contributed by atoms with van der Waals surface area (Å²) in [5, 5.41) is 9.45. The quantitative estimate of drug-likeness (QED) is 0.670. The smallest absolute Gasteiger partial charge is 0.376 e. The number of para-hydroxylation sites is 1. The largest absolute Gasteiger partial charge is 0.398 e. The molecule has 4 rings (SSSR count). The van der Waals surface area contributed by atoms with Crippen molar-refractivity contribution in [1.82, 2.24) is 19.7 Å². The number of H-pyrrole nitrogens is 1. The lowest BCUT2D eigenvalue weighted by atomic mass is 10.1. The molecule has 1 saturated heterocycles. The molecular weight excluding hydrogens is 365 g/mol. The fourth-order valence-electron chi connectivity index (χ4n) is 3.15. The Bertz CT molecular complexity index is 899. The maximum absolute atomic E-state index is 12.7. The molecule has 1 atom stereocenters. The van der Waals surface area contributed by atoms with E-state index in [9.17, 15) is 13.2 Å². The molecule has 1 fully saturated rings. The topological polar surface area (TPSA) is 55.7 Å². The number of hydrogen-bond acceptors (Lipinski definition) is 4. The zero-order chi connectivity index (χ0) is 18.1. The molecule has 26 heavy (non-hydrogen) atoms. The number of fused-ring (bicyclic) bond motifs is 1. The molecule has 1 unspecified atom stereocenters. The Morgan fingerprint density at radius 1 is 1.27 bits per heavy atom. The van der Waals surface area contributed by atoms with Gasteiger partial charge in [0.2, 0.25) is 0 Å². The Hall–Kier alpha value is -2.00. The molecule has 0 amide bonds. The molecule has 1 N–H and O–H groups in total. The summed E-state index contributed by atoms with van der Waals surface area (Å²) in [5.74, 6) is -0.438. The number of benzene rings is 1. The molecule has 5 nitrogen and oxygen atoms in total. The van der Waals surface area contributed by atoms with Gasteiger partial charge in [0, 0.05) is 29.3 Å². The molecule has 9 heteroatoms. The summed E-state index contributed by atoms with van der Waals surface area (Å²) >= 11 is 0.659. The predicted octanol–water partition coefficient (Wildman–Crippen LogP) is 4.26. The van der Waals surface area contributed by atoms with E-state index in [1.807, 2.05) is 30.5 Å². The van der Waals surface area contributed by atoms with Gasteiger partial charge < -0.3 is 9.72 Å². The van der Waals surface area contributed by atoms with Gasteiger partial charge in [-0.1, -0.05) is 30.0 Å². The molecule has 0 radical (unpaired) electrons. The van der Waals surface area contributed by atoms with E-state index in [1.165, 1.54) is 0 Å². The van der Waals surface area contributed by atoms with Crippen LogP contribution < -0.4 is 0 Å². The van der Waals surface area contributed by atoms with Crippen LogP contribution in [0.15, 0.2) is 35.6 Å². The first-order valence-corrected chi connectivity index (χ1v) is 9.31. The summed E-state index contributed by atoms with van der Waals surface area (Å²) in [7, 11) is 0. The van der Waals surface area contributed by atoms with Gasteiger partial charge in [0.25, 0.3) is 0 Å². The standard InChI is InChI=1S/C17H17F3N4OS/c18-17(19,20)10-26-16-23-22-15(24(16)9-11-4-3-7-25-11)13-8-21-14-6-2-1-5-12(13)14/h1-2,5-6,8,11,21H,3-4,7,9-10H2. The molecule has 0 spiro atoms. The van der Waals surface area contributed by atoms with Gasteiger partial charge in [-0.2, -0.15) is 13.2 Å². The first kappa shape index (κ1) is 17.4. The van der Waals surface area contributed by atoms with Crippen LogP contribution in [-0.4, -0.2) is 44.4 Å². The van der Waals surface area contributed by atoms with Crippen molar-refractivity contribution in [3.05, 3.63) is 30.5 Å². The molecule has 2 aromatic heterocycles. The van der Waals surface area contributed by atoms with Gasteiger partial charge in [-0.3, -0.25) is 4.57 Å². The van der Waals surface area contributed by atoms with Crippen molar-refractivity contribution in [3.63, 3.8) is 0 Å². The molecule has 1 aliphatic rings. The van der Waals surface area contributed by atoms with E-state index in [-0.39, 0.29) is 11.3 Å². The van der Waals surface area contributed by atoms with Crippen LogP contribution in [0.3, 0.4) is 0 Å². The van der Waals surface area contributed by atoms with Crippen LogP contribution in [0, 0.1) is 0 Å². The summed E-state index contributed by atoms with van der Waals surface area (Å²) in [6, 6.07) is 7.73. The minimum Gasteiger partial charge on any atom is -0.376 e. The van der Waals surface area contributed by atoms with Gasteiger partial charge >= 0.3 is 6.18 Å². The van der Waals surface area contributed by atoms with Gasteiger partial charge in [0.1, 0.15) is 0 Å². The van der Waals surface area contributed by atoms with Gasteiger partial charge in [0.15, 0.2) is 11.0 Å². The number of nitrogens with one attached hydrogen (secondary N) is 1. The fraction of sp³-hybridized carbons (Fsp3) is 0.412. The van der Waals surface area contributed by atoms with Crippen LogP contribution in [0.2, 0.25) is 0 Å². The van der Waals surface area contributed by atoms with E-state index in [0.29, 0.717) is 30.7 Å². The number of aromatic nitrogens is 4. The maximum Gasteiger partial charge on any atom is 0.398 e. The Kier molecular flexibility index (Phi) is 4.66. The molecule has 0 aliphatic carbocycles. The summed E-state index contributed by atoms with van der Waals surface area (Å²) in [6.45, 7) is 1.13. The second kappa shape index (κ2) is 6.96. The van der Waals surface area contributed by atoms with Crippen molar-refractivity contribution in [3.8, 4) is 11.4 Å². The first-order chi connectivity index (χ1) is 12.5. The van der Waals surface area contributed by atoms with Crippen LogP contribution in [-0.2, 0) is 11.3 Å². The maximum atomic E-state index is 12.7. The second-order valence-corrected chi connectivity index (χ2v) is 7.15. The Morgan fingerprint density at radius 3 is 2.88 bits per heavy atom. The summed E-state index contributed by atoms with van der Waals surface area (Å²) < 4.78 is 45.4. The van der Waals surface area contributed by atoms with E-state index in [0.717, 1.165) is 29.3 Å². The van der Waals surface area contributed by atoms with Crippen LogP contribution in [0.25, 0.3) is 22.3 Å². The molecular formula is C17H17F3N4OS. The van der Waals surface area contributed by atoms with Crippen molar-refractivity contribution in [1.29, 1.82) is 0 Å². The second-order valence-electron chi connectivity index (χ2n) is 6.20. The Labute approximate surface area is 151 Å².